The zero-order chi connectivity index (χ0) is 18.1. The minimum Gasteiger partial charge on any atom is -0.338 e. The molecule has 8 nitrogen and oxygen atoms in total. The third-order valence-corrected chi connectivity index (χ3v) is 5.12. The predicted molar refractivity (Wildman–Crippen MR) is 95.6 cm³/mol. The second-order valence-corrected chi connectivity index (χ2v) is 6.74. The summed E-state index contributed by atoms with van der Waals surface area (Å²) in [5, 5.41) is 0. The number of nitrogens with zero attached hydrogens (tertiary/aromatic N) is 6. The smallest absolute Gasteiger partial charge is 0.246 e. The molecule has 2 amide bonds. The van der Waals surface area contributed by atoms with E-state index >= 15 is 0 Å². The number of pyridine rings is 1. The highest BCUT2D eigenvalue weighted by atomic mass is 16.2. The molecule has 1 spiro atoms. The first-order valence-corrected chi connectivity index (χ1v) is 8.60. The van der Waals surface area contributed by atoms with Crippen LogP contribution in [0.25, 0.3) is 0 Å². The summed E-state index contributed by atoms with van der Waals surface area (Å²) in [5.74, 6) is 0.478. The maximum absolute atomic E-state index is 12.7. The fourth-order valence-corrected chi connectivity index (χ4v) is 3.88. The molecule has 26 heavy (non-hydrogen) atoms. The van der Waals surface area contributed by atoms with E-state index in [1.165, 1.54) is 6.92 Å². The Hall–Kier alpha value is -3.03. The van der Waals surface area contributed by atoms with Gasteiger partial charge in [0, 0.05) is 38.6 Å². The van der Waals surface area contributed by atoms with Crippen LogP contribution in [0.2, 0.25) is 0 Å². The molecule has 1 atom stereocenters. The van der Waals surface area contributed by atoms with Gasteiger partial charge in [0.05, 0.1) is 24.0 Å². The minimum atomic E-state index is -0.450. The molecule has 0 radical (unpaired) electrons. The van der Waals surface area contributed by atoms with Crippen LogP contribution < -0.4 is 9.80 Å². The highest BCUT2D eigenvalue weighted by Gasteiger charge is 2.50. The lowest BCUT2D eigenvalue weighted by Gasteiger charge is -2.48. The molecule has 2 aliphatic rings. The van der Waals surface area contributed by atoms with Crippen molar-refractivity contribution in [2.45, 2.75) is 18.9 Å². The molecule has 2 aliphatic heterocycles. The van der Waals surface area contributed by atoms with E-state index in [9.17, 15) is 9.59 Å². The summed E-state index contributed by atoms with van der Waals surface area (Å²) in [6, 6.07) is 5.46. The fourth-order valence-electron chi connectivity index (χ4n) is 3.88. The highest BCUT2D eigenvalue weighted by Crippen LogP contribution is 2.35. The number of carbonyl (C=O) groups excluding carboxylic acids is 2. The van der Waals surface area contributed by atoms with Crippen LogP contribution in [0.15, 0.2) is 43.0 Å². The van der Waals surface area contributed by atoms with E-state index in [0.29, 0.717) is 19.0 Å². The van der Waals surface area contributed by atoms with Crippen molar-refractivity contribution in [3.8, 4) is 0 Å². The van der Waals surface area contributed by atoms with Crippen LogP contribution in [-0.2, 0) is 9.59 Å². The third-order valence-electron chi connectivity index (χ3n) is 5.12. The molecule has 0 N–H and O–H groups in total. The van der Waals surface area contributed by atoms with Crippen molar-refractivity contribution in [2.75, 3.05) is 36.0 Å². The molecule has 0 aromatic carbocycles. The van der Waals surface area contributed by atoms with Gasteiger partial charge >= 0.3 is 0 Å². The number of aromatic nitrogens is 3. The topological polar surface area (TPSA) is 82.5 Å². The van der Waals surface area contributed by atoms with Crippen molar-refractivity contribution >= 4 is 23.5 Å². The highest BCUT2D eigenvalue weighted by molar-refractivity contribution is 5.98. The maximum atomic E-state index is 12.7. The Kier molecular flexibility index (Phi) is 4.02. The van der Waals surface area contributed by atoms with Crippen molar-refractivity contribution in [3.63, 3.8) is 0 Å². The quantitative estimate of drug-likeness (QED) is 0.792. The minimum absolute atomic E-state index is 0.0771. The molecule has 4 heterocycles. The average molecular weight is 352 g/mol. The van der Waals surface area contributed by atoms with Gasteiger partial charge in [0.25, 0.3) is 0 Å². The van der Waals surface area contributed by atoms with Crippen LogP contribution >= 0.6 is 0 Å². The van der Waals surface area contributed by atoms with E-state index in [2.05, 4.69) is 19.9 Å². The van der Waals surface area contributed by atoms with Gasteiger partial charge < -0.3 is 14.7 Å². The molecule has 2 fully saturated rings. The van der Waals surface area contributed by atoms with E-state index in [1.807, 2.05) is 12.1 Å². The summed E-state index contributed by atoms with van der Waals surface area (Å²) >= 11 is 0. The second kappa shape index (κ2) is 6.36. The van der Waals surface area contributed by atoms with E-state index in [1.54, 1.807) is 40.7 Å². The van der Waals surface area contributed by atoms with E-state index in [-0.39, 0.29) is 18.4 Å². The lowest BCUT2D eigenvalue weighted by Crippen LogP contribution is -2.67. The van der Waals surface area contributed by atoms with Gasteiger partial charge in [0.15, 0.2) is 0 Å². The molecule has 0 saturated carbocycles. The molecule has 8 heteroatoms. The van der Waals surface area contributed by atoms with E-state index in [0.717, 1.165) is 18.7 Å². The molecule has 0 bridgehead atoms. The monoisotopic (exact) mass is 352 g/mol. The van der Waals surface area contributed by atoms with Gasteiger partial charge in [0.1, 0.15) is 6.54 Å². The van der Waals surface area contributed by atoms with Crippen molar-refractivity contribution in [2.24, 2.45) is 0 Å². The van der Waals surface area contributed by atoms with Crippen molar-refractivity contribution in [3.05, 3.63) is 43.0 Å². The molecule has 2 aromatic heterocycles. The molecule has 134 valence electrons. The Morgan fingerprint density at radius 3 is 2.65 bits per heavy atom. The molecular formula is C18H20N6O2. The van der Waals surface area contributed by atoms with Gasteiger partial charge in [-0.25, -0.2) is 9.97 Å². The van der Waals surface area contributed by atoms with Crippen LogP contribution in [-0.4, -0.2) is 63.4 Å². The molecule has 1 unspecified atom stereocenters. The van der Waals surface area contributed by atoms with Crippen LogP contribution in [0.5, 0.6) is 0 Å². The van der Waals surface area contributed by atoms with Gasteiger partial charge in [-0.15, -0.1) is 0 Å². The van der Waals surface area contributed by atoms with Crippen molar-refractivity contribution < 1.29 is 9.59 Å². The van der Waals surface area contributed by atoms with E-state index in [4.69, 9.17) is 0 Å². The largest absolute Gasteiger partial charge is 0.338 e. The van der Waals surface area contributed by atoms with E-state index < -0.39 is 5.54 Å². The number of amides is 2. The number of anilines is 2. The van der Waals surface area contributed by atoms with Gasteiger partial charge in [-0.2, -0.15) is 0 Å². The summed E-state index contributed by atoms with van der Waals surface area (Å²) < 4.78 is 0. The number of hydrogen-bond acceptors (Lipinski definition) is 6. The molecule has 2 aromatic rings. The zero-order valence-electron chi connectivity index (χ0n) is 14.6. The molecule has 4 rings (SSSR count). The summed E-state index contributed by atoms with van der Waals surface area (Å²) in [5.41, 5.74) is 0.309. The van der Waals surface area contributed by atoms with Gasteiger partial charge in [-0.1, -0.05) is 0 Å². The fraction of sp³-hybridized carbons (Fsp3) is 0.389. The first kappa shape index (κ1) is 16.4. The standard InChI is InChI=1S/C18H20N6O2/c1-14(25)24-11-16(26)23(15-4-2-6-19-10-15)13-18(24)5-9-22(12-18)17-20-7-3-8-21-17/h2-4,6-8,10H,5,9,11-13H2,1H3. The average Bonchev–Trinajstić information content (AvgIpc) is 3.09. The Bertz CT molecular complexity index is 815. The molecule has 2 saturated heterocycles. The Morgan fingerprint density at radius 1 is 1.15 bits per heavy atom. The first-order valence-electron chi connectivity index (χ1n) is 8.60. The zero-order valence-corrected chi connectivity index (χ0v) is 14.6. The summed E-state index contributed by atoms with van der Waals surface area (Å²) in [7, 11) is 0. The number of rotatable bonds is 2. The van der Waals surface area contributed by atoms with Gasteiger partial charge in [0.2, 0.25) is 17.8 Å². The van der Waals surface area contributed by atoms with Gasteiger partial charge in [-0.05, 0) is 24.6 Å². The third kappa shape index (κ3) is 2.77. The molecule has 0 aliphatic carbocycles. The Labute approximate surface area is 151 Å². The number of hydrogen-bond donors (Lipinski definition) is 0. The van der Waals surface area contributed by atoms with Crippen LogP contribution in [0.1, 0.15) is 13.3 Å². The van der Waals surface area contributed by atoms with Crippen LogP contribution in [0.4, 0.5) is 11.6 Å². The number of carbonyl (C=O) groups is 2. The Balaban J connectivity index is 1.65. The summed E-state index contributed by atoms with van der Waals surface area (Å²) in [4.78, 5) is 43.2. The lowest BCUT2D eigenvalue weighted by molar-refractivity contribution is -0.142. The normalized spacial score (nSPS) is 23.0. The predicted octanol–water partition coefficient (Wildman–Crippen LogP) is 0.716. The summed E-state index contributed by atoms with van der Waals surface area (Å²) in [6.45, 7) is 3.38. The maximum Gasteiger partial charge on any atom is 0.246 e. The lowest BCUT2D eigenvalue weighted by atomic mass is 9.92. The second-order valence-electron chi connectivity index (χ2n) is 6.74. The first-order chi connectivity index (χ1) is 12.6. The van der Waals surface area contributed by atoms with Gasteiger partial charge in [-0.3, -0.25) is 14.6 Å². The molecular weight excluding hydrogens is 332 g/mol. The Morgan fingerprint density at radius 2 is 1.96 bits per heavy atom. The van der Waals surface area contributed by atoms with Crippen molar-refractivity contribution in [1.82, 2.24) is 19.9 Å². The van der Waals surface area contributed by atoms with Crippen LogP contribution in [0, 0.1) is 0 Å². The number of piperazine rings is 1. The van der Waals surface area contributed by atoms with Crippen molar-refractivity contribution in [1.29, 1.82) is 0 Å². The van der Waals surface area contributed by atoms with Crippen LogP contribution in [0.3, 0.4) is 0 Å². The SMILES string of the molecule is CC(=O)N1CC(=O)N(c2cccnc2)CC12CCN(c1ncccn1)C2. The summed E-state index contributed by atoms with van der Waals surface area (Å²) in [6.07, 6.45) is 7.54.